The van der Waals surface area contributed by atoms with Gasteiger partial charge in [0.2, 0.25) is 5.82 Å². The Kier molecular flexibility index (Phi) is 3.88. The molecule has 0 saturated heterocycles. The number of hydrogen-bond acceptors (Lipinski definition) is 6. The lowest BCUT2D eigenvalue weighted by atomic mass is 10.2. The van der Waals surface area contributed by atoms with E-state index in [0.717, 1.165) is 17.7 Å². The van der Waals surface area contributed by atoms with Gasteiger partial charge in [-0.1, -0.05) is 0 Å². The Bertz CT molecular complexity index is 857. The lowest BCUT2D eigenvalue weighted by Crippen LogP contribution is -1.99. The quantitative estimate of drug-likeness (QED) is 0.586. The molecule has 0 fully saturated rings. The van der Waals surface area contributed by atoms with E-state index in [0.29, 0.717) is 17.3 Å². The highest BCUT2D eigenvalue weighted by atomic mass is 19.1. The zero-order valence-corrected chi connectivity index (χ0v) is 11.7. The van der Waals surface area contributed by atoms with Crippen LogP contribution in [0.5, 0.6) is 0 Å². The summed E-state index contributed by atoms with van der Waals surface area (Å²) in [6.45, 7) is 0. The number of nitro benzene ring substituents is 1. The number of hydrogen-bond donors (Lipinski definition) is 1. The van der Waals surface area contributed by atoms with Gasteiger partial charge < -0.3 is 5.32 Å². The van der Waals surface area contributed by atoms with Gasteiger partial charge in [-0.25, -0.2) is 9.97 Å². The molecular formula is C15H10FN5O2. The van der Waals surface area contributed by atoms with E-state index in [2.05, 4.69) is 20.3 Å². The van der Waals surface area contributed by atoms with Crippen molar-refractivity contribution >= 4 is 17.2 Å². The number of rotatable bonds is 4. The van der Waals surface area contributed by atoms with Gasteiger partial charge in [0.1, 0.15) is 5.82 Å². The number of pyridine rings is 1. The van der Waals surface area contributed by atoms with E-state index in [9.17, 15) is 14.5 Å². The fourth-order valence-electron chi connectivity index (χ4n) is 1.94. The van der Waals surface area contributed by atoms with Gasteiger partial charge in [-0.05, 0) is 30.3 Å². The van der Waals surface area contributed by atoms with Gasteiger partial charge in [0.05, 0.1) is 4.92 Å². The van der Waals surface area contributed by atoms with Gasteiger partial charge in [0, 0.05) is 35.9 Å². The number of benzene rings is 1. The number of aromatic nitrogens is 3. The molecule has 0 amide bonds. The van der Waals surface area contributed by atoms with Crippen LogP contribution in [0.1, 0.15) is 0 Å². The first-order valence-electron chi connectivity index (χ1n) is 6.58. The van der Waals surface area contributed by atoms with Crippen LogP contribution in [0, 0.1) is 15.9 Å². The highest BCUT2D eigenvalue weighted by Crippen LogP contribution is 2.24. The Labute approximate surface area is 130 Å². The molecule has 0 aliphatic carbocycles. The first kappa shape index (κ1) is 14.5. The second-order valence-corrected chi connectivity index (χ2v) is 4.56. The highest BCUT2D eigenvalue weighted by molar-refractivity contribution is 5.62. The van der Waals surface area contributed by atoms with Gasteiger partial charge >= 0.3 is 5.69 Å². The highest BCUT2D eigenvalue weighted by Gasteiger charge is 2.14. The summed E-state index contributed by atoms with van der Waals surface area (Å²) in [4.78, 5) is 22.5. The van der Waals surface area contributed by atoms with Crippen molar-refractivity contribution in [2.75, 3.05) is 5.32 Å². The maximum absolute atomic E-state index is 13.3. The smallest absolute Gasteiger partial charge is 0.306 e. The van der Waals surface area contributed by atoms with Crippen molar-refractivity contribution in [2.24, 2.45) is 0 Å². The summed E-state index contributed by atoms with van der Waals surface area (Å²) in [6.07, 6.45) is 4.82. The minimum Gasteiger partial charge on any atom is -0.340 e. The molecule has 8 heteroatoms. The van der Waals surface area contributed by atoms with Crippen LogP contribution in [0.3, 0.4) is 0 Å². The molecule has 3 rings (SSSR count). The van der Waals surface area contributed by atoms with Crippen molar-refractivity contribution in [3.05, 3.63) is 70.9 Å². The maximum Gasteiger partial charge on any atom is 0.306 e. The molecule has 0 unspecified atom stereocenters. The van der Waals surface area contributed by atoms with Crippen LogP contribution < -0.4 is 5.32 Å². The van der Waals surface area contributed by atoms with E-state index in [1.807, 2.05) is 6.07 Å². The van der Waals surface area contributed by atoms with Crippen molar-refractivity contribution in [3.63, 3.8) is 0 Å². The van der Waals surface area contributed by atoms with Crippen LogP contribution in [-0.4, -0.2) is 19.9 Å². The monoisotopic (exact) mass is 311 g/mol. The molecule has 2 heterocycles. The van der Waals surface area contributed by atoms with E-state index in [4.69, 9.17) is 0 Å². The minimum atomic E-state index is -0.890. The molecular weight excluding hydrogens is 301 g/mol. The molecule has 2 aromatic heterocycles. The molecule has 0 saturated carbocycles. The average molecular weight is 311 g/mol. The molecule has 0 atom stereocenters. The predicted octanol–water partition coefficient (Wildman–Crippen LogP) is 3.33. The van der Waals surface area contributed by atoms with Gasteiger partial charge in [0.25, 0.3) is 0 Å². The van der Waals surface area contributed by atoms with Crippen LogP contribution >= 0.6 is 0 Å². The first-order chi connectivity index (χ1) is 11.1. The summed E-state index contributed by atoms with van der Waals surface area (Å²) in [5.74, 6) is -0.00115. The Morgan fingerprint density at radius 2 is 2.04 bits per heavy atom. The molecule has 1 aromatic carbocycles. The Hall–Kier alpha value is -3.42. The summed E-state index contributed by atoms with van der Waals surface area (Å²) < 4.78 is 13.3. The number of nitrogens with zero attached hydrogens (tertiary/aromatic N) is 4. The lowest BCUT2D eigenvalue weighted by molar-refractivity contribution is -0.387. The van der Waals surface area contributed by atoms with Gasteiger partial charge in [-0.3, -0.25) is 15.1 Å². The largest absolute Gasteiger partial charge is 0.340 e. The number of halogens is 1. The van der Waals surface area contributed by atoms with Crippen LogP contribution in [0.2, 0.25) is 0 Å². The van der Waals surface area contributed by atoms with Crippen molar-refractivity contribution in [1.29, 1.82) is 0 Å². The Morgan fingerprint density at radius 3 is 2.78 bits per heavy atom. The summed E-state index contributed by atoms with van der Waals surface area (Å²) in [5.41, 5.74) is 0.492. The number of anilines is 2. The fourth-order valence-corrected chi connectivity index (χ4v) is 1.94. The van der Waals surface area contributed by atoms with Gasteiger partial charge in [0.15, 0.2) is 5.82 Å². The molecule has 7 nitrogen and oxygen atoms in total. The molecule has 1 N–H and O–H groups in total. The normalized spacial score (nSPS) is 10.3. The number of nitrogens with one attached hydrogen (secondary N) is 1. The van der Waals surface area contributed by atoms with E-state index in [1.165, 1.54) is 6.07 Å². The third-order valence-corrected chi connectivity index (χ3v) is 2.99. The molecule has 23 heavy (non-hydrogen) atoms. The molecule has 3 aromatic rings. The third kappa shape index (κ3) is 3.26. The average Bonchev–Trinajstić information content (AvgIpc) is 2.57. The lowest BCUT2D eigenvalue weighted by Gasteiger charge is -2.07. The molecule has 114 valence electrons. The third-order valence-electron chi connectivity index (χ3n) is 2.99. The summed E-state index contributed by atoms with van der Waals surface area (Å²) in [7, 11) is 0. The maximum atomic E-state index is 13.3. The van der Waals surface area contributed by atoms with Gasteiger partial charge in [-0.15, -0.1) is 0 Å². The van der Waals surface area contributed by atoms with Crippen LogP contribution in [0.4, 0.5) is 21.6 Å². The summed E-state index contributed by atoms with van der Waals surface area (Å²) in [6, 6.07) is 8.73. The molecule has 0 radical (unpaired) electrons. The van der Waals surface area contributed by atoms with Crippen molar-refractivity contribution in [1.82, 2.24) is 15.0 Å². The van der Waals surface area contributed by atoms with Crippen molar-refractivity contribution < 1.29 is 9.31 Å². The second kappa shape index (κ2) is 6.14. The number of nitro groups is 1. The SMILES string of the molecule is O=[N+]([O-])c1cc(Nc2ccnc(-c3cccnc3)n2)ccc1F. The van der Waals surface area contributed by atoms with E-state index >= 15 is 0 Å². The second-order valence-electron chi connectivity index (χ2n) is 4.56. The standard InChI is InChI=1S/C15H10FN5O2/c16-12-4-3-11(8-13(12)21(22)23)19-14-5-7-18-15(20-14)10-2-1-6-17-9-10/h1-9H,(H,18,19,20). The molecule has 0 aliphatic rings. The summed E-state index contributed by atoms with van der Waals surface area (Å²) >= 11 is 0. The van der Waals surface area contributed by atoms with E-state index in [-0.39, 0.29) is 0 Å². The van der Waals surface area contributed by atoms with Gasteiger partial charge in [-0.2, -0.15) is 4.39 Å². The van der Waals surface area contributed by atoms with E-state index in [1.54, 1.807) is 30.7 Å². The minimum absolute atomic E-state index is 0.355. The van der Waals surface area contributed by atoms with Crippen molar-refractivity contribution in [2.45, 2.75) is 0 Å². The van der Waals surface area contributed by atoms with Crippen molar-refractivity contribution in [3.8, 4) is 11.4 Å². The summed E-state index contributed by atoms with van der Waals surface area (Å²) in [5, 5.41) is 13.7. The zero-order valence-electron chi connectivity index (χ0n) is 11.7. The molecule has 0 aliphatic heterocycles. The topological polar surface area (TPSA) is 93.8 Å². The molecule has 0 spiro atoms. The molecule has 0 bridgehead atoms. The van der Waals surface area contributed by atoms with Crippen LogP contribution in [0.15, 0.2) is 55.0 Å². The predicted molar refractivity (Wildman–Crippen MR) is 81.6 cm³/mol. The Morgan fingerprint density at radius 1 is 1.17 bits per heavy atom. The zero-order chi connectivity index (χ0) is 16.2. The first-order valence-corrected chi connectivity index (χ1v) is 6.58. The van der Waals surface area contributed by atoms with Crippen LogP contribution in [0.25, 0.3) is 11.4 Å². The van der Waals surface area contributed by atoms with Crippen LogP contribution in [-0.2, 0) is 0 Å². The fraction of sp³-hybridized carbons (Fsp3) is 0. The Balaban J connectivity index is 1.89. The van der Waals surface area contributed by atoms with E-state index < -0.39 is 16.4 Å².